The predicted molar refractivity (Wildman–Crippen MR) is 132 cm³/mol. The lowest BCUT2D eigenvalue weighted by molar-refractivity contribution is -0.116. The molecule has 0 saturated carbocycles. The molecule has 0 saturated heterocycles. The van der Waals surface area contributed by atoms with Crippen LogP contribution >= 0.6 is 23.5 Å². The van der Waals surface area contributed by atoms with Crippen molar-refractivity contribution >= 4 is 35.1 Å². The highest BCUT2D eigenvalue weighted by Crippen LogP contribution is 2.43. The number of carbonyl (C=O) groups excluding carboxylic acids is 1. The Balaban J connectivity index is 1.40. The third kappa shape index (κ3) is 4.49. The van der Waals surface area contributed by atoms with Gasteiger partial charge in [-0.15, -0.1) is 22.0 Å². The number of ether oxygens (including phenoxy) is 1. The number of fused-ring (bicyclic) bond motifs is 1. The van der Waals surface area contributed by atoms with Crippen LogP contribution in [0.15, 0.2) is 95.2 Å². The average Bonchev–Trinajstić information content (AvgIpc) is 3.36. The van der Waals surface area contributed by atoms with Crippen molar-refractivity contribution in [3.63, 3.8) is 0 Å². The molecule has 2 heterocycles. The number of methoxy groups -OCH3 is 1. The van der Waals surface area contributed by atoms with E-state index in [0.29, 0.717) is 5.16 Å². The van der Waals surface area contributed by atoms with E-state index < -0.39 is 0 Å². The van der Waals surface area contributed by atoms with Gasteiger partial charge >= 0.3 is 0 Å². The van der Waals surface area contributed by atoms with Gasteiger partial charge in [0.05, 0.1) is 30.3 Å². The van der Waals surface area contributed by atoms with Gasteiger partial charge in [0.15, 0.2) is 5.16 Å². The first-order chi connectivity index (χ1) is 16.2. The van der Waals surface area contributed by atoms with E-state index in [4.69, 9.17) is 4.74 Å². The maximum atomic E-state index is 13.6. The first-order valence-corrected chi connectivity index (χ1v) is 12.5. The van der Waals surface area contributed by atoms with Crippen LogP contribution in [0.25, 0.3) is 5.69 Å². The fraction of sp³-hybridized carbons (Fsp3) is 0.160. The normalized spacial score (nSPS) is 15.2. The van der Waals surface area contributed by atoms with Gasteiger partial charge in [-0.1, -0.05) is 60.3 Å². The fourth-order valence-electron chi connectivity index (χ4n) is 3.87. The second-order valence-corrected chi connectivity index (χ2v) is 9.45. The number of hydrogen-bond donors (Lipinski definition) is 0. The van der Waals surface area contributed by atoms with E-state index in [-0.39, 0.29) is 17.7 Å². The third-order valence-corrected chi connectivity index (χ3v) is 7.53. The SMILES string of the molecule is COc1cccc(-n2cnnc2SCC(=O)N2c3ccccc3SCC2c2ccccc2)c1. The molecule has 1 aliphatic heterocycles. The van der Waals surface area contributed by atoms with Crippen molar-refractivity contribution in [2.75, 3.05) is 23.5 Å². The third-order valence-electron chi connectivity index (χ3n) is 5.46. The standard InChI is InChI=1S/C25H22N4O2S2/c1-31-20-11-7-10-19(14-20)28-17-26-27-25(28)33-16-24(30)29-21-12-5-6-13-23(21)32-15-22(29)18-8-3-2-4-9-18/h2-14,17,22H,15-16H2,1H3. The van der Waals surface area contributed by atoms with E-state index in [1.807, 2.05) is 70.1 Å². The highest BCUT2D eigenvalue weighted by atomic mass is 32.2. The van der Waals surface area contributed by atoms with Gasteiger partial charge in [-0.05, 0) is 29.8 Å². The monoisotopic (exact) mass is 474 g/mol. The summed E-state index contributed by atoms with van der Waals surface area (Å²) in [5, 5.41) is 8.97. The minimum atomic E-state index is -0.0181. The Kier molecular flexibility index (Phi) is 6.37. The summed E-state index contributed by atoms with van der Waals surface area (Å²) in [7, 11) is 1.64. The Bertz CT molecular complexity index is 1260. The first kappa shape index (κ1) is 21.6. The van der Waals surface area contributed by atoms with Crippen LogP contribution in [0.5, 0.6) is 5.75 Å². The Morgan fingerprint density at radius 3 is 2.76 bits per heavy atom. The summed E-state index contributed by atoms with van der Waals surface area (Å²) in [4.78, 5) is 16.7. The minimum absolute atomic E-state index is 0.0181. The number of amides is 1. The minimum Gasteiger partial charge on any atom is -0.497 e. The van der Waals surface area contributed by atoms with Crippen LogP contribution < -0.4 is 9.64 Å². The van der Waals surface area contributed by atoms with Crippen LogP contribution in [0.3, 0.4) is 0 Å². The molecule has 8 heteroatoms. The molecule has 1 aliphatic rings. The number of anilines is 1. The second-order valence-electron chi connectivity index (χ2n) is 7.44. The number of hydrogen-bond acceptors (Lipinski definition) is 6. The molecule has 6 nitrogen and oxygen atoms in total. The Morgan fingerprint density at radius 1 is 1.09 bits per heavy atom. The molecule has 33 heavy (non-hydrogen) atoms. The molecule has 1 aromatic heterocycles. The van der Waals surface area contributed by atoms with Crippen LogP contribution in [0.4, 0.5) is 5.69 Å². The fourth-order valence-corrected chi connectivity index (χ4v) is 5.83. The first-order valence-electron chi connectivity index (χ1n) is 10.5. The maximum absolute atomic E-state index is 13.6. The smallest absolute Gasteiger partial charge is 0.238 e. The highest BCUT2D eigenvalue weighted by molar-refractivity contribution is 8.00. The van der Waals surface area contributed by atoms with Gasteiger partial charge in [-0.3, -0.25) is 9.36 Å². The molecule has 0 radical (unpaired) electrons. The van der Waals surface area contributed by atoms with Gasteiger partial charge in [-0.25, -0.2) is 0 Å². The predicted octanol–water partition coefficient (Wildman–Crippen LogP) is 5.25. The molecule has 0 fully saturated rings. The lowest BCUT2D eigenvalue weighted by atomic mass is 10.1. The lowest BCUT2D eigenvalue weighted by Crippen LogP contribution is -2.39. The zero-order valence-electron chi connectivity index (χ0n) is 18.0. The van der Waals surface area contributed by atoms with Crippen molar-refractivity contribution in [3.8, 4) is 11.4 Å². The van der Waals surface area contributed by atoms with E-state index in [1.165, 1.54) is 11.8 Å². The number of benzene rings is 3. The molecular formula is C25H22N4O2S2. The van der Waals surface area contributed by atoms with Gasteiger partial charge in [0, 0.05) is 16.7 Å². The molecule has 1 atom stereocenters. The highest BCUT2D eigenvalue weighted by Gasteiger charge is 2.32. The summed E-state index contributed by atoms with van der Waals surface area (Å²) in [6, 6.07) is 26.0. The van der Waals surface area contributed by atoms with Crippen LogP contribution in [0.1, 0.15) is 11.6 Å². The average molecular weight is 475 g/mol. The van der Waals surface area contributed by atoms with Crippen molar-refractivity contribution in [2.24, 2.45) is 0 Å². The summed E-state index contributed by atoms with van der Waals surface area (Å²) >= 11 is 3.18. The quantitative estimate of drug-likeness (QED) is 0.356. The van der Waals surface area contributed by atoms with Crippen molar-refractivity contribution in [1.82, 2.24) is 14.8 Å². The lowest BCUT2D eigenvalue weighted by Gasteiger charge is -2.37. The Morgan fingerprint density at radius 2 is 1.91 bits per heavy atom. The van der Waals surface area contributed by atoms with E-state index in [0.717, 1.165) is 33.3 Å². The van der Waals surface area contributed by atoms with Crippen molar-refractivity contribution < 1.29 is 9.53 Å². The summed E-state index contributed by atoms with van der Waals surface area (Å²) in [6.07, 6.45) is 1.65. The van der Waals surface area contributed by atoms with Crippen molar-refractivity contribution in [1.29, 1.82) is 0 Å². The number of nitrogens with zero attached hydrogens (tertiary/aromatic N) is 4. The number of carbonyl (C=O) groups is 1. The molecule has 1 unspecified atom stereocenters. The zero-order valence-corrected chi connectivity index (χ0v) is 19.6. The Hall–Kier alpha value is -3.23. The number of thioether (sulfide) groups is 2. The largest absolute Gasteiger partial charge is 0.497 e. The zero-order chi connectivity index (χ0) is 22.6. The number of para-hydroxylation sites is 1. The van der Waals surface area contributed by atoms with Crippen molar-refractivity contribution in [3.05, 3.63) is 90.8 Å². The summed E-state index contributed by atoms with van der Waals surface area (Å²) in [5.41, 5.74) is 2.98. The maximum Gasteiger partial charge on any atom is 0.238 e. The summed E-state index contributed by atoms with van der Waals surface area (Å²) < 4.78 is 7.20. The van der Waals surface area contributed by atoms with E-state index in [9.17, 15) is 4.79 Å². The number of aromatic nitrogens is 3. The summed E-state index contributed by atoms with van der Waals surface area (Å²) in [5.74, 6) is 1.87. The molecule has 0 aliphatic carbocycles. The molecule has 4 aromatic rings. The molecule has 5 rings (SSSR count). The molecule has 1 amide bonds. The Labute approximate surface area is 201 Å². The van der Waals surface area contributed by atoms with Gasteiger partial charge in [-0.2, -0.15) is 0 Å². The van der Waals surface area contributed by atoms with Crippen LogP contribution in [-0.2, 0) is 4.79 Å². The second kappa shape index (κ2) is 9.72. The van der Waals surface area contributed by atoms with Gasteiger partial charge in [0.25, 0.3) is 0 Å². The topological polar surface area (TPSA) is 60.2 Å². The van der Waals surface area contributed by atoms with Crippen LogP contribution in [-0.4, -0.2) is 39.3 Å². The molecule has 0 N–H and O–H groups in total. The molecule has 0 spiro atoms. The van der Waals surface area contributed by atoms with Gasteiger partial charge < -0.3 is 9.64 Å². The van der Waals surface area contributed by atoms with Gasteiger partial charge in [0.1, 0.15) is 12.1 Å². The molecule has 166 valence electrons. The van der Waals surface area contributed by atoms with E-state index in [2.05, 4.69) is 28.4 Å². The molecule has 3 aromatic carbocycles. The number of rotatable bonds is 6. The summed E-state index contributed by atoms with van der Waals surface area (Å²) in [6.45, 7) is 0. The van der Waals surface area contributed by atoms with Crippen LogP contribution in [0, 0.1) is 0 Å². The van der Waals surface area contributed by atoms with Gasteiger partial charge in [0.2, 0.25) is 5.91 Å². The molecule has 0 bridgehead atoms. The molecular weight excluding hydrogens is 452 g/mol. The van der Waals surface area contributed by atoms with Crippen LogP contribution in [0.2, 0.25) is 0 Å². The van der Waals surface area contributed by atoms with E-state index in [1.54, 1.807) is 25.2 Å². The van der Waals surface area contributed by atoms with Crippen molar-refractivity contribution in [2.45, 2.75) is 16.1 Å². The van der Waals surface area contributed by atoms with E-state index >= 15 is 0 Å².